The number of amides is 1. The maximum atomic E-state index is 12.2. The van der Waals surface area contributed by atoms with Gasteiger partial charge in [0.1, 0.15) is 5.75 Å². The molecule has 2 aromatic rings. The Bertz CT molecular complexity index is 694. The van der Waals surface area contributed by atoms with Crippen LogP contribution in [0.15, 0.2) is 23.6 Å². The monoisotopic (exact) mass is 316 g/mol. The molecule has 5 heteroatoms. The van der Waals surface area contributed by atoms with E-state index < -0.39 is 0 Å². The number of carbonyl (C=O) groups excluding carboxylic acids is 1. The maximum absolute atomic E-state index is 12.2. The molecule has 0 unspecified atom stereocenters. The quantitative estimate of drug-likeness (QED) is 0.859. The summed E-state index contributed by atoms with van der Waals surface area (Å²) >= 11 is 1.63. The van der Waals surface area contributed by atoms with Crippen molar-refractivity contribution in [2.24, 2.45) is 5.92 Å². The van der Waals surface area contributed by atoms with E-state index in [1.165, 1.54) is 0 Å². The summed E-state index contributed by atoms with van der Waals surface area (Å²) in [7, 11) is 0. The van der Waals surface area contributed by atoms with Crippen molar-refractivity contribution in [3.8, 4) is 17.0 Å². The number of hydrogen-bond donors (Lipinski definition) is 0. The Morgan fingerprint density at radius 2 is 2.23 bits per heavy atom. The fourth-order valence-electron chi connectivity index (χ4n) is 2.49. The molecule has 1 aliphatic heterocycles. The topological polar surface area (TPSA) is 42.4 Å². The van der Waals surface area contributed by atoms with E-state index >= 15 is 0 Å². The molecule has 1 amide bonds. The SMILES string of the molecule is Cc1nc(-c2ccc3c(c2)N(CCC(C)C)C(=O)CO3)cs1. The Hall–Kier alpha value is -1.88. The van der Waals surface area contributed by atoms with Gasteiger partial charge in [0.15, 0.2) is 6.61 Å². The highest BCUT2D eigenvalue weighted by molar-refractivity contribution is 7.09. The second kappa shape index (κ2) is 6.08. The van der Waals surface area contributed by atoms with Gasteiger partial charge in [-0.15, -0.1) is 11.3 Å². The minimum Gasteiger partial charge on any atom is -0.482 e. The molecule has 2 heterocycles. The van der Waals surface area contributed by atoms with Gasteiger partial charge in [-0.3, -0.25) is 4.79 Å². The van der Waals surface area contributed by atoms with E-state index in [1.54, 1.807) is 11.3 Å². The van der Waals surface area contributed by atoms with Gasteiger partial charge in [-0.1, -0.05) is 13.8 Å². The molecular formula is C17H20N2O2S. The number of thiazole rings is 1. The largest absolute Gasteiger partial charge is 0.482 e. The number of rotatable bonds is 4. The molecule has 4 nitrogen and oxygen atoms in total. The van der Waals surface area contributed by atoms with Crippen molar-refractivity contribution in [2.45, 2.75) is 27.2 Å². The van der Waals surface area contributed by atoms with Crippen molar-refractivity contribution in [3.63, 3.8) is 0 Å². The number of fused-ring (bicyclic) bond motifs is 1. The Balaban J connectivity index is 1.95. The lowest BCUT2D eigenvalue weighted by atomic mass is 10.1. The second-order valence-corrected chi connectivity index (χ2v) is 7.01. The van der Waals surface area contributed by atoms with E-state index in [2.05, 4.69) is 18.8 Å². The molecule has 1 aromatic heterocycles. The van der Waals surface area contributed by atoms with Gasteiger partial charge in [0.05, 0.1) is 16.4 Å². The Labute approximate surface area is 134 Å². The van der Waals surface area contributed by atoms with Gasteiger partial charge < -0.3 is 9.64 Å². The normalized spacial score (nSPS) is 14.2. The highest BCUT2D eigenvalue weighted by Crippen LogP contribution is 2.36. The van der Waals surface area contributed by atoms with Crippen LogP contribution in [0.25, 0.3) is 11.3 Å². The number of carbonyl (C=O) groups is 1. The van der Waals surface area contributed by atoms with Gasteiger partial charge in [0.2, 0.25) is 0 Å². The molecule has 0 bridgehead atoms. The predicted molar refractivity (Wildman–Crippen MR) is 89.6 cm³/mol. The first-order valence-corrected chi connectivity index (χ1v) is 8.42. The van der Waals surface area contributed by atoms with E-state index in [-0.39, 0.29) is 12.5 Å². The lowest BCUT2D eigenvalue weighted by molar-refractivity contribution is -0.121. The van der Waals surface area contributed by atoms with Crippen LogP contribution < -0.4 is 9.64 Å². The second-order valence-electron chi connectivity index (χ2n) is 5.95. The van der Waals surface area contributed by atoms with Crippen molar-refractivity contribution in [1.29, 1.82) is 0 Å². The summed E-state index contributed by atoms with van der Waals surface area (Å²) in [5.41, 5.74) is 2.84. The first-order chi connectivity index (χ1) is 10.5. The van der Waals surface area contributed by atoms with Crippen LogP contribution in [0.1, 0.15) is 25.3 Å². The molecule has 0 saturated carbocycles. The van der Waals surface area contributed by atoms with E-state index in [9.17, 15) is 4.79 Å². The summed E-state index contributed by atoms with van der Waals surface area (Å²) in [5.74, 6) is 1.36. The molecule has 0 fully saturated rings. The van der Waals surface area contributed by atoms with E-state index in [0.717, 1.165) is 40.7 Å². The van der Waals surface area contributed by atoms with Gasteiger partial charge >= 0.3 is 0 Å². The molecule has 1 aromatic carbocycles. The lowest BCUT2D eigenvalue weighted by Crippen LogP contribution is -2.39. The summed E-state index contributed by atoms with van der Waals surface area (Å²) in [6.45, 7) is 7.18. The van der Waals surface area contributed by atoms with Crippen LogP contribution in [0, 0.1) is 12.8 Å². The molecule has 3 rings (SSSR count). The van der Waals surface area contributed by atoms with Gasteiger partial charge in [0, 0.05) is 17.5 Å². The molecule has 116 valence electrons. The van der Waals surface area contributed by atoms with Crippen molar-refractivity contribution >= 4 is 22.9 Å². The standard InChI is InChI=1S/C17H20N2O2S/c1-11(2)6-7-19-15-8-13(14-10-22-12(3)18-14)4-5-16(15)21-9-17(19)20/h4-5,8,10-11H,6-7,9H2,1-3H3. The smallest absolute Gasteiger partial charge is 0.265 e. The lowest BCUT2D eigenvalue weighted by Gasteiger charge is -2.30. The van der Waals surface area contributed by atoms with Crippen LogP contribution in [-0.2, 0) is 4.79 Å². The third-order valence-electron chi connectivity index (χ3n) is 3.75. The van der Waals surface area contributed by atoms with E-state index in [1.807, 2.05) is 35.4 Å². The van der Waals surface area contributed by atoms with Crippen LogP contribution >= 0.6 is 11.3 Å². The van der Waals surface area contributed by atoms with E-state index in [4.69, 9.17) is 4.74 Å². The average Bonchev–Trinajstić information content (AvgIpc) is 2.92. The van der Waals surface area contributed by atoms with E-state index in [0.29, 0.717) is 5.92 Å². The highest BCUT2D eigenvalue weighted by atomic mass is 32.1. The van der Waals surface area contributed by atoms with Crippen LogP contribution in [0.2, 0.25) is 0 Å². The van der Waals surface area contributed by atoms with Gasteiger partial charge in [0.25, 0.3) is 5.91 Å². The molecule has 0 saturated heterocycles. The first kappa shape index (κ1) is 15.0. The molecule has 0 N–H and O–H groups in total. The third kappa shape index (κ3) is 2.99. The van der Waals surface area contributed by atoms with Crippen LogP contribution in [0.5, 0.6) is 5.75 Å². The number of anilines is 1. The molecule has 0 atom stereocenters. The van der Waals surface area contributed by atoms with Crippen molar-refractivity contribution in [1.82, 2.24) is 4.98 Å². The average molecular weight is 316 g/mol. The summed E-state index contributed by atoms with van der Waals surface area (Å²) in [5, 5.41) is 3.08. The van der Waals surface area contributed by atoms with Crippen molar-refractivity contribution < 1.29 is 9.53 Å². The molecular weight excluding hydrogens is 296 g/mol. The van der Waals surface area contributed by atoms with Crippen LogP contribution in [0.3, 0.4) is 0 Å². The fourth-order valence-corrected chi connectivity index (χ4v) is 3.11. The minimum atomic E-state index is 0.0276. The Kier molecular flexibility index (Phi) is 4.16. The zero-order valence-electron chi connectivity index (χ0n) is 13.1. The number of ether oxygens (including phenoxy) is 1. The van der Waals surface area contributed by atoms with Gasteiger partial charge in [-0.05, 0) is 37.5 Å². The number of aromatic nitrogens is 1. The van der Waals surface area contributed by atoms with Crippen LogP contribution in [-0.4, -0.2) is 24.0 Å². The highest BCUT2D eigenvalue weighted by Gasteiger charge is 2.26. The molecule has 1 aliphatic rings. The minimum absolute atomic E-state index is 0.0276. The summed E-state index contributed by atoms with van der Waals surface area (Å²) in [6.07, 6.45) is 0.977. The molecule has 0 radical (unpaired) electrons. The summed E-state index contributed by atoms with van der Waals surface area (Å²) < 4.78 is 5.56. The van der Waals surface area contributed by atoms with Crippen molar-refractivity contribution in [2.75, 3.05) is 18.1 Å². The molecule has 22 heavy (non-hydrogen) atoms. The Morgan fingerprint density at radius 1 is 1.41 bits per heavy atom. The Morgan fingerprint density at radius 3 is 2.91 bits per heavy atom. The number of nitrogens with zero attached hydrogens (tertiary/aromatic N) is 2. The number of benzene rings is 1. The molecule has 0 aliphatic carbocycles. The van der Waals surface area contributed by atoms with Gasteiger partial charge in [-0.2, -0.15) is 0 Å². The van der Waals surface area contributed by atoms with Crippen molar-refractivity contribution in [3.05, 3.63) is 28.6 Å². The first-order valence-electron chi connectivity index (χ1n) is 7.54. The third-order valence-corrected chi connectivity index (χ3v) is 4.52. The number of aryl methyl sites for hydroxylation is 1. The number of hydrogen-bond acceptors (Lipinski definition) is 4. The summed E-state index contributed by atoms with van der Waals surface area (Å²) in [6, 6.07) is 5.96. The fraction of sp³-hybridized carbons (Fsp3) is 0.412. The zero-order valence-corrected chi connectivity index (χ0v) is 13.9. The predicted octanol–water partition coefficient (Wildman–Crippen LogP) is 3.89. The van der Waals surface area contributed by atoms with Gasteiger partial charge in [-0.25, -0.2) is 4.98 Å². The zero-order chi connectivity index (χ0) is 15.7. The van der Waals surface area contributed by atoms with Crippen LogP contribution in [0.4, 0.5) is 5.69 Å². The maximum Gasteiger partial charge on any atom is 0.265 e. The molecule has 0 spiro atoms. The summed E-state index contributed by atoms with van der Waals surface area (Å²) in [4.78, 5) is 18.6.